The molecule has 23 heavy (non-hydrogen) atoms. The molecule has 0 radical (unpaired) electrons. The minimum Gasteiger partial charge on any atom is -0.381 e. The molecule has 0 aliphatic carbocycles. The normalized spacial score (nSPS) is 33.9. The Morgan fingerprint density at radius 1 is 0.652 bits per heavy atom. The minimum absolute atomic E-state index is 0.869. The van der Waals surface area contributed by atoms with Crippen LogP contribution in [0.4, 0.5) is 0 Å². The van der Waals surface area contributed by atoms with E-state index in [2.05, 4.69) is 37.5 Å². The predicted octanol–water partition coefficient (Wildman–Crippen LogP) is 3.74. The van der Waals surface area contributed by atoms with Gasteiger partial charge in [0.05, 0.1) is 0 Å². The SMILES string of the molecule is C[C@H]1C[C@H](C)CN(CCCOCCCN2C[C@@H](C)C[C@H](C)C2)C1. The van der Waals surface area contributed by atoms with Gasteiger partial charge in [-0.05, 0) is 49.4 Å². The second-order valence-corrected chi connectivity index (χ2v) is 8.73. The smallest absolute Gasteiger partial charge is 0.0478 e. The van der Waals surface area contributed by atoms with Crippen molar-refractivity contribution in [2.45, 2.75) is 53.4 Å². The van der Waals surface area contributed by atoms with Gasteiger partial charge >= 0.3 is 0 Å². The number of rotatable bonds is 8. The molecule has 2 aliphatic heterocycles. The Morgan fingerprint density at radius 3 is 1.35 bits per heavy atom. The first kappa shape index (κ1) is 19.2. The van der Waals surface area contributed by atoms with E-state index in [-0.39, 0.29) is 0 Å². The quantitative estimate of drug-likeness (QED) is 0.633. The molecule has 3 nitrogen and oxygen atoms in total. The molecule has 0 aromatic carbocycles. The Balaban J connectivity index is 1.45. The van der Waals surface area contributed by atoms with Gasteiger partial charge in [0.15, 0.2) is 0 Å². The first-order chi connectivity index (χ1) is 11.0. The van der Waals surface area contributed by atoms with E-state index in [1.165, 1.54) is 65.0 Å². The van der Waals surface area contributed by atoms with Crippen LogP contribution in [0.15, 0.2) is 0 Å². The van der Waals surface area contributed by atoms with Gasteiger partial charge in [0.2, 0.25) is 0 Å². The van der Waals surface area contributed by atoms with E-state index in [1.807, 2.05) is 0 Å². The molecule has 0 amide bonds. The Bertz CT molecular complexity index is 273. The van der Waals surface area contributed by atoms with Crippen LogP contribution in [0.2, 0.25) is 0 Å². The number of likely N-dealkylation sites (tertiary alicyclic amines) is 2. The molecule has 0 spiro atoms. The van der Waals surface area contributed by atoms with Crippen molar-refractivity contribution >= 4 is 0 Å². The third-order valence-electron chi connectivity index (χ3n) is 5.41. The molecule has 0 aromatic heterocycles. The molecule has 3 heteroatoms. The molecule has 0 bridgehead atoms. The Kier molecular flexibility index (Phi) is 8.35. The lowest BCUT2D eigenvalue weighted by Crippen LogP contribution is -2.39. The summed E-state index contributed by atoms with van der Waals surface area (Å²) in [5.41, 5.74) is 0. The minimum atomic E-state index is 0.869. The van der Waals surface area contributed by atoms with Gasteiger partial charge in [0, 0.05) is 52.5 Å². The maximum Gasteiger partial charge on any atom is 0.0478 e. The van der Waals surface area contributed by atoms with Crippen molar-refractivity contribution in [3.05, 3.63) is 0 Å². The molecule has 0 aromatic rings. The highest BCUT2D eigenvalue weighted by Gasteiger charge is 2.22. The van der Waals surface area contributed by atoms with Crippen molar-refractivity contribution in [3.8, 4) is 0 Å². The van der Waals surface area contributed by atoms with Crippen LogP contribution in [0.3, 0.4) is 0 Å². The van der Waals surface area contributed by atoms with Gasteiger partial charge in [-0.15, -0.1) is 0 Å². The van der Waals surface area contributed by atoms with Gasteiger partial charge in [-0.3, -0.25) is 0 Å². The van der Waals surface area contributed by atoms with E-state index in [0.717, 1.165) is 36.9 Å². The average Bonchev–Trinajstić information content (AvgIpc) is 2.44. The molecule has 0 N–H and O–H groups in total. The summed E-state index contributed by atoms with van der Waals surface area (Å²) in [6.45, 7) is 19.0. The lowest BCUT2D eigenvalue weighted by atomic mass is 9.92. The summed E-state index contributed by atoms with van der Waals surface area (Å²) in [6, 6.07) is 0. The van der Waals surface area contributed by atoms with Crippen molar-refractivity contribution in [2.24, 2.45) is 23.7 Å². The number of ether oxygens (including phenoxy) is 1. The molecule has 2 aliphatic rings. The molecule has 4 atom stereocenters. The van der Waals surface area contributed by atoms with E-state index < -0.39 is 0 Å². The van der Waals surface area contributed by atoms with Crippen molar-refractivity contribution in [1.82, 2.24) is 9.80 Å². The zero-order valence-corrected chi connectivity index (χ0v) is 16.1. The second-order valence-electron chi connectivity index (χ2n) is 8.73. The Labute approximate surface area is 144 Å². The molecule has 136 valence electrons. The number of piperidine rings is 2. The highest BCUT2D eigenvalue weighted by molar-refractivity contribution is 4.75. The molecule has 2 fully saturated rings. The Hall–Kier alpha value is -0.120. The van der Waals surface area contributed by atoms with E-state index in [4.69, 9.17) is 4.74 Å². The van der Waals surface area contributed by atoms with E-state index in [1.54, 1.807) is 0 Å². The fraction of sp³-hybridized carbons (Fsp3) is 1.00. The third kappa shape index (κ3) is 7.53. The summed E-state index contributed by atoms with van der Waals surface area (Å²) in [6.07, 6.45) is 5.19. The van der Waals surface area contributed by atoms with Crippen LogP contribution < -0.4 is 0 Å². The number of nitrogens with zero attached hydrogens (tertiary/aromatic N) is 2. The fourth-order valence-corrected chi connectivity index (χ4v) is 4.83. The van der Waals surface area contributed by atoms with E-state index in [9.17, 15) is 0 Å². The van der Waals surface area contributed by atoms with Crippen LogP contribution in [0, 0.1) is 23.7 Å². The van der Waals surface area contributed by atoms with Crippen LogP contribution in [0.1, 0.15) is 53.4 Å². The summed E-state index contributed by atoms with van der Waals surface area (Å²) in [4.78, 5) is 5.28. The van der Waals surface area contributed by atoms with E-state index in [0.29, 0.717) is 0 Å². The fourth-order valence-electron chi connectivity index (χ4n) is 4.83. The lowest BCUT2D eigenvalue weighted by Gasteiger charge is -2.35. The van der Waals surface area contributed by atoms with Gasteiger partial charge in [0.25, 0.3) is 0 Å². The summed E-state index contributed by atoms with van der Waals surface area (Å²) >= 11 is 0. The monoisotopic (exact) mass is 324 g/mol. The van der Waals surface area contributed by atoms with Crippen molar-refractivity contribution in [2.75, 3.05) is 52.5 Å². The molecular weight excluding hydrogens is 284 g/mol. The summed E-state index contributed by atoms with van der Waals surface area (Å²) < 4.78 is 5.87. The van der Waals surface area contributed by atoms with Gasteiger partial charge in [-0.1, -0.05) is 27.7 Å². The molecular formula is C20H40N2O. The van der Waals surface area contributed by atoms with Gasteiger partial charge in [-0.2, -0.15) is 0 Å². The second kappa shape index (κ2) is 10.0. The first-order valence-electron chi connectivity index (χ1n) is 10.1. The summed E-state index contributed by atoms with van der Waals surface area (Å²) in [7, 11) is 0. The van der Waals surface area contributed by atoms with Gasteiger partial charge in [-0.25, -0.2) is 0 Å². The zero-order chi connectivity index (χ0) is 16.7. The third-order valence-corrected chi connectivity index (χ3v) is 5.41. The standard InChI is InChI=1S/C20H40N2O/c1-17-11-18(2)14-21(13-17)7-5-9-23-10-6-8-22-15-19(3)12-20(4)16-22/h17-20H,5-16H2,1-4H3/t17-,18-,19-,20-/m0/s1. The lowest BCUT2D eigenvalue weighted by molar-refractivity contribution is 0.0842. The van der Waals surface area contributed by atoms with Crippen LogP contribution in [0.5, 0.6) is 0 Å². The highest BCUT2D eigenvalue weighted by Crippen LogP contribution is 2.21. The maximum atomic E-state index is 5.87. The molecule has 2 rings (SSSR count). The molecule has 0 saturated carbocycles. The molecule has 2 heterocycles. The van der Waals surface area contributed by atoms with E-state index >= 15 is 0 Å². The van der Waals surface area contributed by atoms with Crippen molar-refractivity contribution in [1.29, 1.82) is 0 Å². The predicted molar refractivity (Wildman–Crippen MR) is 98.8 cm³/mol. The zero-order valence-electron chi connectivity index (χ0n) is 16.1. The number of hydrogen-bond acceptors (Lipinski definition) is 3. The summed E-state index contributed by atoms with van der Waals surface area (Å²) in [5, 5.41) is 0. The topological polar surface area (TPSA) is 15.7 Å². The van der Waals surface area contributed by atoms with Gasteiger partial charge < -0.3 is 14.5 Å². The van der Waals surface area contributed by atoms with Crippen LogP contribution in [-0.2, 0) is 4.74 Å². The average molecular weight is 325 g/mol. The number of hydrogen-bond donors (Lipinski definition) is 0. The van der Waals surface area contributed by atoms with Crippen LogP contribution in [0.25, 0.3) is 0 Å². The largest absolute Gasteiger partial charge is 0.381 e. The molecule has 0 unspecified atom stereocenters. The maximum absolute atomic E-state index is 5.87. The van der Waals surface area contributed by atoms with Crippen molar-refractivity contribution in [3.63, 3.8) is 0 Å². The summed E-state index contributed by atoms with van der Waals surface area (Å²) in [5.74, 6) is 3.48. The first-order valence-corrected chi connectivity index (χ1v) is 10.1. The van der Waals surface area contributed by atoms with Crippen LogP contribution >= 0.6 is 0 Å². The van der Waals surface area contributed by atoms with Crippen LogP contribution in [-0.4, -0.2) is 62.3 Å². The van der Waals surface area contributed by atoms with Gasteiger partial charge in [0.1, 0.15) is 0 Å². The Morgan fingerprint density at radius 2 is 1.00 bits per heavy atom. The van der Waals surface area contributed by atoms with Crippen molar-refractivity contribution < 1.29 is 4.74 Å². The highest BCUT2D eigenvalue weighted by atomic mass is 16.5. The molecule has 2 saturated heterocycles.